The van der Waals surface area contributed by atoms with Gasteiger partial charge in [-0.3, -0.25) is 16.0 Å². The molecule has 0 saturated carbocycles. The van der Waals surface area contributed by atoms with Gasteiger partial charge in [-0.15, -0.1) is 0 Å². The lowest BCUT2D eigenvalue weighted by atomic mass is 10.0. The summed E-state index contributed by atoms with van der Waals surface area (Å²) >= 11 is 3.43. The molecule has 0 fully saturated rings. The van der Waals surface area contributed by atoms with E-state index in [0.29, 0.717) is 0 Å². The van der Waals surface area contributed by atoms with Gasteiger partial charge in [-0.1, -0.05) is 19.1 Å². The van der Waals surface area contributed by atoms with E-state index in [0.717, 1.165) is 29.2 Å². The zero-order chi connectivity index (χ0) is 15.4. The van der Waals surface area contributed by atoms with Crippen LogP contribution in [0.15, 0.2) is 28.9 Å². The number of hydrazine groups is 1. The number of halogens is 3. The molecule has 1 unspecified atom stereocenters. The summed E-state index contributed by atoms with van der Waals surface area (Å²) in [6.45, 7) is 2.77. The van der Waals surface area contributed by atoms with Gasteiger partial charge >= 0.3 is 0 Å². The fraction of sp³-hybridized carbons (Fsp3) is 0.357. The minimum Gasteiger partial charge on any atom is -0.271 e. The molecule has 2 aromatic rings. The van der Waals surface area contributed by atoms with Gasteiger partial charge in [0.1, 0.15) is 0 Å². The van der Waals surface area contributed by atoms with Crippen LogP contribution in [0.3, 0.4) is 0 Å². The molecule has 1 aromatic carbocycles. The van der Waals surface area contributed by atoms with Crippen molar-refractivity contribution in [3.63, 3.8) is 0 Å². The van der Waals surface area contributed by atoms with Crippen molar-refractivity contribution in [1.29, 1.82) is 0 Å². The standard InChI is InChI=1S/C14H17BrF2N4/c1-2-6-21-14(10(15)8-19-21)12(20-18)7-9-4-3-5-11(16)13(9)17/h3-5,8,12,20H,2,6-7,18H2,1H3. The molecule has 0 amide bonds. The predicted octanol–water partition coefficient (Wildman–Crippen LogP) is 3.08. The van der Waals surface area contributed by atoms with E-state index in [1.54, 1.807) is 12.3 Å². The minimum atomic E-state index is -0.857. The second kappa shape index (κ2) is 7.11. The Bertz CT molecular complexity index is 615. The van der Waals surface area contributed by atoms with E-state index >= 15 is 0 Å². The summed E-state index contributed by atoms with van der Waals surface area (Å²) in [6, 6.07) is 3.77. The maximum atomic E-state index is 13.8. The Morgan fingerprint density at radius 2 is 2.19 bits per heavy atom. The molecule has 114 valence electrons. The molecule has 1 atom stereocenters. The lowest BCUT2D eigenvalue weighted by molar-refractivity contribution is 0.456. The van der Waals surface area contributed by atoms with Crippen LogP contribution in [0.25, 0.3) is 0 Å². The number of nitrogens with one attached hydrogen (secondary N) is 1. The fourth-order valence-corrected chi connectivity index (χ4v) is 2.84. The van der Waals surface area contributed by atoms with Gasteiger partial charge in [-0.2, -0.15) is 5.10 Å². The van der Waals surface area contributed by atoms with Crippen LogP contribution in [0.5, 0.6) is 0 Å². The van der Waals surface area contributed by atoms with Crippen molar-refractivity contribution in [1.82, 2.24) is 15.2 Å². The Kier molecular flexibility index (Phi) is 5.44. The molecule has 0 aliphatic rings. The minimum absolute atomic E-state index is 0.230. The van der Waals surface area contributed by atoms with Crippen LogP contribution in [0.2, 0.25) is 0 Å². The van der Waals surface area contributed by atoms with Crippen molar-refractivity contribution in [3.05, 3.63) is 51.8 Å². The molecular formula is C14H17BrF2N4. The Balaban J connectivity index is 2.32. The lowest BCUT2D eigenvalue weighted by Crippen LogP contribution is -2.32. The third-order valence-electron chi connectivity index (χ3n) is 3.26. The first kappa shape index (κ1) is 16.1. The van der Waals surface area contributed by atoms with Gasteiger partial charge < -0.3 is 0 Å². The summed E-state index contributed by atoms with van der Waals surface area (Å²) < 4.78 is 29.7. The Hall–Kier alpha value is -1.31. The summed E-state index contributed by atoms with van der Waals surface area (Å²) in [5.41, 5.74) is 3.75. The topological polar surface area (TPSA) is 55.9 Å². The SMILES string of the molecule is CCCn1ncc(Br)c1C(Cc1cccc(F)c1F)NN. The van der Waals surface area contributed by atoms with Crippen LogP contribution in [0, 0.1) is 11.6 Å². The van der Waals surface area contributed by atoms with Crippen LogP contribution in [-0.2, 0) is 13.0 Å². The van der Waals surface area contributed by atoms with Crippen molar-refractivity contribution in [2.45, 2.75) is 32.4 Å². The third-order valence-corrected chi connectivity index (χ3v) is 3.87. The largest absolute Gasteiger partial charge is 0.271 e. The number of hydrogen-bond acceptors (Lipinski definition) is 3. The predicted molar refractivity (Wildman–Crippen MR) is 80.3 cm³/mol. The van der Waals surface area contributed by atoms with E-state index in [1.807, 2.05) is 11.6 Å². The number of nitrogens with two attached hydrogens (primary N) is 1. The highest BCUT2D eigenvalue weighted by atomic mass is 79.9. The molecule has 3 N–H and O–H groups in total. The smallest absolute Gasteiger partial charge is 0.162 e. The van der Waals surface area contributed by atoms with E-state index in [4.69, 9.17) is 5.84 Å². The van der Waals surface area contributed by atoms with Crippen LogP contribution in [0.4, 0.5) is 8.78 Å². The lowest BCUT2D eigenvalue weighted by Gasteiger charge is -2.19. The molecule has 4 nitrogen and oxygen atoms in total. The summed E-state index contributed by atoms with van der Waals surface area (Å²) in [4.78, 5) is 0. The first-order valence-corrected chi connectivity index (χ1v) is 7.48. The van der Waals surface area contributed by atoms with Crippen LogP contribution >= 0.6 is 15.9 Å². The van der Waals surface area contributed by atoms with E-state index in [1.165, 1.54) is 6.07 Å². The van der Waals surface area contributed by atoms with Gasteiger partial charge in [-0.05, 0) is 40.4 Å². The van der Waals surface area contributed by atoms with Gasteiger partial charge in [-0.25, -0.2) is 8.78 Å². The maximum absolute atomic E-state index is 13.8. The fourth-order valence-electron chi connectivity index (χ4n) is 2.27. The molecule has 0 saturated heterocycles. The maximum Gasteiger partial charge on any atom is 0.162 e. The van der Waals surface area contributed by atoms with Crippen molar-refractivity contribution in [2.75, 3.05) is 0 Å². The molecule has 0 aliphatic heterocycles. The van der Waals surface area contributed by atoms with Crippen molar-refractivity contribution in [2.24, 2.45) is 5.84 Å². The number of nitrogens with zero attached hydrogens (tertiary/aromatic N) is 2. The van der Waals surface area contributed by atoms with E-state index in [-0.39, 0.29) is 18.0 Å². The summed E-state index contributed by atoms with van der Waals surface area (Å²) in [5, 5.41) is 4.26. The van der Waals surface area contributed by atoms with Crippen LogP contribution in [-0.4, -0.2) is 9.78 Å². The molecule has 2 rings (SSSR count). The van der Waals surface area contributed by atoms with E-state index in [9.17, 15) is 8.78 Å². The van der Waals surface area contributed by atoms with Gasteiger partial charge in [0.2, 0.25) is 0 Å². The number of aromatic nitrogens is 2. The molecule has 0 radical (unpaired) electrons. The van der Waals surface area contributed by atoms with Crippen molar-refractivity contribution in [3.8, 4) is 0 Å². The van der Waals surface area contributed by atoms with Gasteiger partial charge in [0, 0.05) is 6.54 Å². The Morgan fingerprint density at radius 1 is 1.43 bits per heavy atom. The van der Waals surface area contributed by atoms with Crippen molar-refractivity contribution >= 4 is 15.9 Å². The molecular weight excluding hydrogens is 342 g/mol. The highest BCUT2D eigenvalue weighted by Gasteiger charge is 2.21. The zero-order valence-corrected chi connectivity index (χ0v) is 13.2. The number of benzene rings is 1. The molecule has 0 aliphatic carbocycles. The molecule has 1 aromatic heterocycles. The third kappa shape index (κ3) is 3.48. The second-order valence-corrected chi connectivity index (χ2v) is 5.59. The highest BCUT2D eigenvalue weighted by molar-refractivity contribution is 9.10. The average Bonchev–Trinajstić information content (AvgIpc) is 2.82. The molecule has 21 heavy (non-hydrogen) atoms. The van der Waals surface area contributed by atoms with E-state index in [2.05, 4.69) is 26.5 Å². The quantitative estimate of drug-likeness (QED) is 0.616. The Morgan fingerprint density at radius 3 is 2.86 bits per heavy atom. The normalized spacial score (nSPS) is 12.6. The second-order valence-electron chi connectivity index (χ2n) is 4.74. The zero-order valence-electron chi connectivity index (χ0n) is 11.6. The van der Waals surface area contributed by atoms with Gasteiger partial charge in [0.05, 0.1) is 22.4 Å². The average molecular weight is 359 g/mol. The molecule has 7 heteroatoms. The summed E-state index contributed by atoms with van der Waals surface area (Å²) in [6.07, 6.45) is 2.82. The first-order chi connectivity index (χ1) is 10.1. The van der Waals surface area contributed by atoms with Crippen LogP contribution in [0.1, 0.15) is 30.6 Å². The summed E-state index contributed by atoms with van der Waals surface area (Å²) in [7, 11) is 0. The highest BCUT2D eigenvalue weighted by Crippen LogP contribution is 2.27. The van der Waals surface area contributed by atoms with E-state index < -0.39 is 11.6 Å². The number of aryl methyl sites for hydroxylation is 1. The van der Waals surface area contributed by atoms with Crippen molar-refractivity contribution < 1.29 is 8.78 Å². The molecule has 1 heterocycles. The summed E-state index contributed by atoms with van der Waals surface area (Å²) in [5.74, 6) is 3.91. The van der Waals surface area contributed by atoms with Gasteiger partial charge in [0.25, 0.3) is 0 Å². The first-order valence-electron chi connectivity index (χ1n) is 6.68. The molecule has 0 bridgehead atoms. The Labute approximate surface area is 130 Å². The number of hydrogen-bond donors (Lipinski definition) is 2. The van der Waals surface area contributed by atoms with Crippen LogP contribution < -0.4 is 11.3 Å². The number of rotatable bonds is 6. The van der Waals surface area contributed by atoms with Gasteiger partial charge in [0.15, 0.2) is 11.6 Å². The monoisotopic (exact) mass is 358 g/mol. The molecule has 0 spiro atoms.